The Morgan fingerprint density at radius 3 is 2.21 bits per heavy atom. The number of aliphatic hydroxyl groups is 2. The van der Waals surface area contributed by atoms with Crippen LogP contribution in [0.25, 0.3) is 0 Å². The van der Waals surface area contributed by atoms with Crippen molar-refractivity contribution in [2.75, 3.05) is 46.7 Å². The van der Waals surface area contributed by atoms with Crippen molar-refractivity contribution in [1.82, 2.24) is 15.1 Å². The maximum atomic E-state index is 13.9. The average Bonchev–Trinajstić information content (AvgIpc) is 3.44. The molecule has 4 rings (SSSR count). The fourth-order valence-corrected chi connectivity index (χ4v) is 5.25. The maximum absolute atomic E-state index is 13.9. The molecule has 0 bridgehead atoms. The maximum Gasteiger partial charge on any atom is 0.416 e. The summed E-state index contributed by atoms with van der Waals surface area (Å²) >= 11 is 0. The normalized spacial score (nSPS) is 17.1. The van der Waals surface area contributed by atoms with Gasteiger partial charge in [0.05, 0.1) is 30.4 Å². The fraction of sp³-hybridized carbons (Fsp3) is 0.536. The van der Waals surface area contributed by atoms with Gasteiger partial charge in [0.15, 0.2) is 11.5 Å². The monoisotopic (exact) mass is 605 g/mol. The lowest BCUT2D eigenvalue weighted by atomic mass is 9.96. The molecule has 0 aliphatic carbocycles. The van der Waals surface area contributed by atoms with Gasteiger partial charge in [-0.05, 0) is 49.1 Å². The minimum absolute atomic E-state index is 0.0103. The highest BCUT2D eigenvalue weighted by Crippen LogP contribution is 2.42. The van der Waals surface area contributed by atoms with Gasteiger partial charge in [-0.1, -0.05) is 12.1 Å². The van der Waals surface area contributed by atoms with Crippen LogP contribution in [-0.2, 0) is 23.6 Å². The number of nitrogens with zero attached hydrogens (tertiary/aromatic N) is 2. The summed E-state index contributed by atoms with van der Waals surface area (Å²) in [6, 6.07) is 5.22. The number of fused-ring (bicyclic) bond motifs is 1. The largest absolute Gasteiger partial charge is 0.454 e. The van der Waals surface area contributed by atoms with Crippen LogP contribution in [0.4, 0.5) is 26.3 Å². The summed E-state index contributed by atoms with van der Waals surface area (Å²) in [5.41, 5.74) is -2.47. The minimum atomic E-state index is -4.96. The van der Waals surface area contributed by atoms with Gasteiger partial charge >= 0.3 is 12.4 Å². The van der Waals surface area contributed by atoms with Gasteiger partial charge in [0.2, 0.25) is 12.7 Å². The molecule has 0 saturated carbocycles. The number of alkyl halides is 6. The van der Waals surface area contributed by atoms with Crippen LogP contribution in [0.1, 0.15) is 41.1 Å². The van der Waals surface area contributed by atoms with Crippen LogP contribution in [0.5, 0.6) is 11.5 Å². The highest BCUT2D eigenvalue weighted by Gasteiger charge is 2.38. The smallest absolute Gasteiger partial charge is 0.416 e. The molecular formula is C28H33F6N3O5. The van der Waals surface area contributed by atoms with Crippen molar-refractivity contribution in [3.63, 3.8) is 0 Å². The molecule has 3 N–H and O–H groups in total. The number of rotatable bonds is 10. The summed E-state index contributed by atoms with van der Waals surface area (Å²) < 4.78 is 91.1. The molecule has 2 aromatic rings. The molecule has 2 aromatic carbocycles. The standard InChI is InChI=1S/C28H33F6N3O5/c1-36(8-5-17-11-18(27(29,30)31)13-19(12-17)28(32,33)34)26(40)24(22-3-2-4-23-25(22)42-16-41-23)37-9-6-20(7-10-37)35-21(14-38)15-39/h2-4,11-13,20-21,24,35,38-39H,5-10,14-16H2,1H3. The fourth-order valence-electron chi connectivity index (χ4n) is 5.25. The first-order valence-electron chi connectivity index (χ1n) is 13.5. The van der Waals surface area contributed by atoms with Crippen molar-refractivity contribution in [3.8, 4) is 11.5 Å². The van der Waals surface area contributed by atoms with E-state index >= 15 is 0 Å². The number of carbonyl (C=O) groups is 1. The number of hydrogen-bond acceptors (Lipinski definition) is 7. The van der Waals surface area contributed by atoms with Crippen molar-refractivity contribution >= 4 is 5.91 Å². The number of likely N-dealkylation sites (tertiary alicyclic amines) is 1. The van der Waals surface area contributed by atoms with Gasteiger partial charge in [0.1, 0.15) is 6.04 Å². The number of amides is 1. The molecule has 42 heavy (non-hydrogen) atoms. The summed E-state index contributed by atoms with van der Waals surface area (Å²) in [4.78, 5) is 17.1. The van der Waals surface area contributed by atoms with Crippen LogP contribution in [0.3, 0.4) is 0 Å². The van der Waals surface area contributed by atoms with E-state index in [1.165, 1.54) is 11.9 Å². The molecule has 1 amide bonds. The Labute approximate surface area is 238 Å². The average molecular weight is 606 g/mol. The predicted octanol–water partition coefficient (Wildman–Crippen LogP) is 3.60. The molecule has 1 saturated heterocycles. The first kappa shape index (κ1) is 31.9. The van der Waals surface area contributed by atoms with Gasteiger partial charge in [0.25, 0.3) is 0 Å². The number of likely N-dealkylation sites (N-methyl/N-ethyl adjacent to an activating group) is 1. The summed E-state index contributed by atoms with van der Waals surface area (Å²) in [7, 11) is 1.45. The molecule has 1 unspecified atom stereocenters. The molecule has 2 aliphatic rings. The number of ether oxygens (including phenoxy) is 2. The van der Waals surface area contributed by atoms with Gasteiger partial charge < -0.3 is 29.9 Å². The summed E-state index contributed by atoms with van der Waals surface area (Å²) in [6.45, 7) is 0.291. The number of hydrogen-bond donors (Lipinski definition) is 3. The van der Waals surface area contributed by atoms with Gasteiger partial charge in [-0.3, -0.25) is 9.69 Å². The molecule has 14 heteroatoms. The van der Waals surface area contributed by atoms with E-state index in [2.05, 4.69) is 5.32 Å². The summed E-state index contributed by atoms with van der Waals surface area (Å²) in [5, 5.41) is 22.0. The van der Waals surface area contributed by atoms with E-state index in [4.69, 9.17) is 9.47 Å². The van der Waals surface area contributed by atoms with E-state index in [9.17, 15) is 41.4 Å². The lowest BCUT2D eigenvalue weighted by molar-refractivity contribution is -0.143. The van der Waals surface area contributed by atoms with Crippen LogP contribution < -0.4 is 14.8 Å². The molecule has 0 aromatic heterocycles. The van der Waals surface area contributed by atoms with Crippen molar-refractivity contribution in [3.05, 3.63) is 58.7 Å². The molecule has 0 radical (unpaired) electrons. The Kier molecular flexibility index (Phi) is 9.91. The predicted molar refractivity (Wildman–Crippen MR) is 139 cm³/mol. The Bertz CT molecular complexity index is 1200. The Morgan fingerprint density at radius 1 is 1.02 bits per heavy atom. The van der Waals surface area contributed by atoms with E-state index in [0.29, 0.717) is 55.1 Å². The van der Waals surface area contributed by atoms with E-state index in [-0.39, 0.29) is 50.6 Å². The summed E-state index contributed by atoms with van der Waals surface area (Å²) in [5.74, 6) is 0.455. The highest BCUT2D eigenvalue weighted by atomic mass is 19.4. The van der Waals surface area contributed by atoms with Crippen molar-refractivity contribution in [2.45, 2.75) is 49.7 Å². The van der Waals surface area contributed by atoms with Crippen molar-refractivity contribution < 1.29 is 50.8 Å². The SMILES string of the molecule is CN(CCc1cc(C(F)(F)F)cc(C(F)(F)F)c1)C(=O)C(c1cccc2c1OCO2)N1CCC(NC(CO)CO)CC1. The highest BCUT2D eigenvalue weighted by molar-refractivity contribution is 5.84. The zero-order valence-electron chi connectivity index (χ0n) is 22.8. The second-order valence-corrected chi connectivity index (χ2v) is 10.4. The second-order valence-electron chi connectivity index (χ2n) is 10.4. The third-order valence-corrected chi connectivity index (χ3v) is 7.52. The first-order chi connectivity index (χ1) is 19.8. The van der Waals surface area contributed by atoms with Crippen LogP contribution in [0.2, 0.25) is 0 Å². The number of piperidine rings is 1. The molecular weight excluding hydrogens is 572 g/mol. The molecule has 8 nitrogen and oxygen atoms in total. The zero-order valence-corrected chi connectivity index (χ0v) is 22.8. The van der Waals surface area contributed by atoms with E-state index in [1.54, 1.807) is 18.2 Å². The number of halogens is 6. The molecule has 2 aliphatic heterocycles. The number of aliphatic hydroxyl groups excluding tert-OH is 2. The van der Waals surface area contributed by atoms with Crippen LogP contribution in [0.15, 0.2) is 36.4 Å². The molecule has 232 valence electrons. The molecule has 1 fully saturated rings. The van der Waals surface area contributed by atoms with Crippen LogP contribution in [-0.4, -0.2) is 84.7 Å². The number of nitrogens with one attached hydrogen (secondary N) is 1. The second kappa shape index (κ2) is 13.1. The van der Waals surface area contributed by atoms with Crippen LogP contribution >= 0.6 is 0 Å². The Morgan fingerprint density at radius 2 is 1.64 bits per heavy atom. The lowest BCUT2D eigenvalue weighted by Crippen LogP contribution is -2.51. The molecule has 0 spiro atoms. The van der Waals surface area contributed by atoms with E-state index in [0.717, 1.165) is 0 Å². The zero-order chi connectivity index (χ0) is 30.7. The van der Waals surface area contributed by atoms with Crippen molar-refractivity contribution in [1.29, 1.82) is 0 Å². The van der Waals surface area contributed by atoms with Crippen LogP contribution in [0, 0.1) is 0 Å². The van der Waals surface area contributed by atoms with E-state index < -0.39 is 41.5 Å². The Hall–Kier alpha value is -3.07. The van der Waals surface area contributed by atoms with Gasteiger partial charge in [-0.15, -0.1) is 0 Å². The third kappa shape index (κ3) is 7.46. The van der Waals surface area contributed by atoms with Gasteiger partial charge in [0, 0.05) is 38.3 Å². The van der Waals surface area contributed by atoms with E-state index in [1.807, 2.05) is 4.90 Å². The minimum Gasteiger partial charge on any atom is -0.454 e. The third-order valence-electron chi connectivity index (χ3n) is 7.52. The number of benzene rings is 2. The van der Waals surface area contributed by atoms with Gasteiger partial charge in [-0.2, -0.15) is 26.3 Å². The quantitative estimate of drug-likeness (QED) is 0.357. The van der Waals surface area contributed by atoms with Gasteiger partial charge in [-0.25, -0.2) is 0 Å². The Balaban J connectivity index is 1.55. The lowest BCUT2D eigenvalue weighted by Gasteiger charge is -2.39. The van der Waals surface area contributed by atoms with Crippen molar-refractivity contribution in [2.24, 2.45) is 0 Å². The number of para-hydroxylation sites is 1. The first-order valence-corrected chi connectivity index (χ1v) is 13.5. The topological polar surface area (TPSA) is 94.5 Å². The molecule has 1 atom stereocenters. The molecule has 2 heterocycles. The number of carbonyl (C=O) groups excluding carboxylic acids is 1. The summed E-state index contributed by atoms with van der Waals surface area (Å²) in [6.07, 6.45) is -8.96.